The Kier molecular flexibility index (Phi) is 3.77. The molecule has 0 saturated carbocycles. The van der Waals surface area contributed by atoms with Crippen LogP contribution in [0.5, 0.6) is 0 Å². The van der Waals surface area contributed by atoms with Crippen LogP contribution in [0, 0.1) is 0 Å². The Morgan fingerprint density at radius 3 is 3.00 bits per heavy atom. The van der Waals surface area contributed by atoms with Crippen molar-refractivity contribution in [3.63, 3.8) is 0 Å². The second-order valence-corrected chi connectivity index (χ2v) is 4.69. The lowest BCUT2D eigenvalue weighted by atomic mass is 10.1. The molecule has 1 aromatic heterocycles. The lowest BCUT2D eigenvalue weighted by molar-refractivity contribution is 0.478. The molecule has 1 aliphatic rings. The number of rotatable bonds is 3. The second-order valence-electron chi connectivity index (χ2n) is 3.47. The van der Waals surface area contributed by atoms with E-state index in [2.05, 4.69) is 27.0 Å². The predicted molar refractivity (Wildman–Crippen MR) is 59.2 cm³/mol. The van der Waals surface area contributed by atoms with Crippen molar-refractivity contribution in [1.82, 2.24) is 15.3 Å². The van der Waals surface area contributed by atoms with Crippen LogP contribution < -0.4 is 5.32 Å². The summed E-state index contributed by atoms with van der Waals surface area (Å²) in [6, 6.07) is 2.65. The number of nitrogens with zero attached hydrogens (tertiary/aromatic N) is 2. The zero-order valence-corrected chi connectivity index (χ0v) is 8.96. The van der Waals surface area contributed by atoms with Crippen molar-refractivity contribution < 1.29 is 0 Å². The first-order valence-corrected chi connectivity index (χ1v) is 6.16. The third-order valence-electron chi connectivity index (χ3n) is 2.44. The van der Waals surface area contributed by atoms with Gasteiger partial charge in [-0.1, -0.05) is 0 Å². The van der Waals surface area contributed by atoms with Crippen LogP contribution in [-0.2, 0) is 6.54 Å². The Bertz CT molecular complexity index is 259. The van der Waals surface area contributed by atoms with Gasteiger partial charge in [0.25, 0.3) is 0 Å². The number of aromatic nitrogens is 2. The van der Waals surface area contributed by atoms with E-state index in [-0.39, 0.29) is 0 Å². The number of hydrogen-bond donors (Lipinski definition) is 1. The van der Waals surface area contributed by atoms with Crippen molar-refractivity contribution in [3.8, 4) is 0 Å². The van der Waals surface area contributed by atoms with E-state index < -0.39 is 0 Å². The van der Waals surface area contributed by atoms with E-state index in [0.717, 1.165) is 12.2 Å². The minimum atomic E-state index is 0.686. The summed E-state index contributed by atoms with van der Waals surface area (Å²) >= 11 is 2.05. The summed E-state index contributed by atoms with van der Waals surface area (Å²) < 4.78 is 0. The first-order chi connectivity index (χ1) is 6.95. The SMILES string of the molecule is c1cc(CNC2CCSCC2)ncn1. The molecule has 0 unspecified atom stereocenters. The molecule has 76 valence electrons. The molecule has 3 nitrogen and oxygen atoms in total. The Balaban J connectivity index is 1.76. The summed E-state index contributed by atoms with van der Waals surface area (Å²) in [4.78, 5) is 8.08. The Morgan fingerprint density at radius 2 is 2.29 bits per heavy atom. The number of hydrogen-bond acceptors (Lipinski definition) is 4. The maximum absolute atomic E-state index is 4.18. The van der Waals surface area contributed by atoms with Gasteiger partial charge in [0.05, 0.1) is 5.69 Å². The molecule has 0 bridgehead atoms. The van der Waals surface area contributed by atoms with Gasteiger partial charge in [0.2, 0.25) is 0 Å². The lowest BCUT2D eigenvalue weighted by Gasteiger charge is -2.22. The highest BCUT2D eigenvalue weighted by molar-refractivity contribution is 7.99. The van der Waals surface area contributed by atoms with Gasteiger partial charge in [-0.3, -0.25) is 0 Å². The first-order valence-electron chi connectivity index (χ1n) is 5.01. The van der Waals surface area contributed by atoms with Gasteiger partial charge < -0.3 is 5.32 Å². The van der Waals surface area contributed by atoms with Crippen LogP contribution in [0.4, 0.5) is 0 Å². The zero-order valence-electron chi connectivity index (χ0n) is 8.15. The molecule has 0 aromatic carbocycles. The van der Waals surface area contributed by atoms with Gasteiger partial charge in [0.1, 0.15) is 6.33 Å². The average Bonchev–Trinajstić information content (AvgIpc) is 2.29. The number of nitrogens with one attached hydrogen (secondary N) is 1. The normalized spacial score (nSPS) is 18.3. The lowest BCUT2D eigenvalue weighted by Crippen LogP contribution is -2.32. The molecule has 0 radical (unpaired) electrons. The van der Waals surface area contributed by atoms with Gasteiger partial charge in [-0.25, -0.2) is 9.97 Å². The highest BCUT2D eigenvalue weighted by Gasteiger charge is 2.12. The molecular formula is C10H15N3S. The van der Waals surface area contributed by atoms with Gasteiger partial charge in [-0.2, -0.15) is 11.8 Å². The molecule has 14 heavy (non-hydrogen) atoms. The smallest absolute Gasteiger partial charge is 0.115 e. The van der Waals surface area contributed by atoms with E-state index in [1.807, 2.05) is 6.07 Å². The van der Waals surface area contributed by atoms with Crippen LogP contribution in [0.3, 0.4) is 0 Å². The molecule has 2 heterocycles. The summed E-state index contributed by atoms with van der Waals surface area (Å²) in [5, 5.41) is 3.53. The summed E-state index contributed by atoms with van der Waals surface area (Å²) in [5.74, 6) is 2.59. The molecule has 4 heteroatoms. The van der Waals surface area contributed by atoms with E-state index in [1.54, 1.807) is 12.5 Å². The van der Waals surface area contributed by atoms with Crippen molar-refractivity contribution in [2.75, 3.05) is 11.5 Å². The van der Waals surface area contributed by atoms with Crippen molar-refractivity contribution in [3.05, 3.63) is 24.3 Å². The van der Waals surface area contributed by atoms with Crippen LogP contribution in [0.25, 0.3) is 0 Å². The van der Waals surface area contributed by atoms with Crippen LogP contribution in [0.2, 0.25) is 0 Å². The van der Waals surface area contributed by atoms with Crippen LogP contribution in [0.15, 0.2) is 18.6 Å². The zero-order chi connectivity index (χ0) is 9.64. The molecule has 1 saturated heterocycles. The van der Waals surface area contributed by atoms with Crippen molar-refractivity contribution in [2.24, 2.45) is 0 Å². The van der Waals surface area contributed by atoms with Crippen molar-refractivity contribution in [1.29, 1.82) is 0 Å². The Morgan fingerprint density at radius 1 is 1.43 bits per heavy atom. The average molecular weight is 209 g/mol. The standard InChI is InChI=1S/C10H15N3S/c1-4-11-8-13-10(1)7-12-9-2-5-14-6-3-9/h1,4,8-9,12H,2-3,5-7H2. The number of thioether (sulfide) groups is 1. The van der Waals surface area contributed by atoms with E-state index in [9.17, 15) is 0 Å². The topological polar surface area (TPSA) is 37.8 Å². The van der Waals surface area contributed by atoms with Gasteiger partial charge >= 0.3 is 0 Å². The molecule has 0 spiro atoms. The molecule has 0 aliphatic carbocycles. The fourth-order valence-electron chi connectivity index (χ4n) is 1.57. The Hall–Kier alpha value is -0.610. The maximum Gasteiger partial charge on any atom is 0.115 e. The summed E-state index contributed by atoms with van der Waals surface area (Å²) in [7, 11) is 0. The molecule has 0 amide bonds. The third-order valence-corrected chi connectivity index (χ3v) is 3.49. The monoisotopic (exact) mass is 209 g/mol. The predicted octanol–water partition coefficient (Wildman–Crippen LogP) is 1.46. The summed E-state index contributed by atoms with van der Waals surface area (Å²) in [6.45, 7) is 0.873. The summed E-state index contributed by atoms with van der Waals surface area (Å²) in [6.07, 6.45) is 5.97. The molecule has 1 aliphatic heterocycles. The molecular weight excluding hydrogens is 194 g/mol. The quantitative estimate of drug-likeness (QED) is 0.818. The highest BCUT2D eigenvalue weighted by Crippen LogP contribution is 2.16. The van der Waals surface area contributed by atoms with E-state index in [4.69, 9.17) is 0 Å². The van der Waals surface area contributed by atoms with Gasteiger partial charge in [-0.15, -0.1) is 0 Å². The van der Waals surface area contributed by atoms with E-state index in [0.29, 0.717) is 6.04 Å². The Labute approximate surface area is 88.7 Å². The van der Waals surface area contributed by atoms with E-state index >= 15 is 0 Å². The third kappa shape index (κ3) is 2.96. The van der Waals surface area contributed by atoms with E-state index in [1.165, 1.54) is 24.3 Å². The molecule has 2 rings (SSSR count). The highest BCUT2D eigenvalue weighted by atomic mass is 32.2. The molecule has 1 aromatic rings. The largest absolute Gasteiger partial charge is 0.308 e. The fourth-order valence-corrected chi connectivity index (χ4v) is 2.68. The molecule has 0 atom stereocenters. The van der Waals surface area contributed by atoms with Crippen molar-refractivity contribution in [2.45, 2.75) is 25.4 Å². The first kappa shape index (κ1) is 9.93. The fraction of sp³-hybridized carbons (Fsp3) is 0.600. The van der Waals surface area contributed by atoms with Crippen molar-refractivity contribution >= 4 is 11.8 Å². The minimum absolute atomic E-state index is 0.686. The maximum atomic E-state index is 4.18. The second kappa shape index (κ2) is 5.32. The molecule has 1 N–H and O–H groups in total. The van der Waals surface area contributed by atoms with Crippen LogP contribution in [0.1, 0.15) is 18.5 Å². The van der Waals surface area contributed by atoms with Gasteiger partial charge in [-0.05, 0) is 30.4 Å². The van der Waals surface area contributed by atoms with Gasteiger partial charge in [0.15, 0.2) is 0 Å². The molecule has 1 fully saturated rings. The van der Waals surface area contributed by atoms with Crippen LogP contribution >= 0.6 is 11.8 Å². The minimum Gasteiger partial charge on any atom is -0.308 e. The van der Waals surface area contributed by atoms with Crippen LogP contribution in [-0.4, -0.2) is 27.5 Å². The summed E-state index contributed by atoms with van der Waals surface area (Å²) in [5.41, 5.74) is 1.08. The van der Waals surface area contributed by atoms with Gasteiger partial charge in [0, 0.05) is 18.8 Å².